The van der Waals surface area contributed by atoms with Gasteiger partial charge in [0, 0.05) is 12.1 Å². The average molecular weight is 223 g/mol. The predicted molar refractivity (Wildman–Crippen MR) is 59.3 cm³/mol. The van der Waals surface area contributed by atoms with Crippen LogP contribution in [0, 0.1) is 5.82 Å². The fourth-order valence-electron chi connectivity index (χ4n) is 1.10. The number of hydrogen-bond acceptors (Lipinski definition) is 3. The summed E-state index contributed by atoms with van der Waals surface area (Å²) in [6.45, 7) is 4.09. The molecule has 4 heteroatoms. The zero-order valence-electron chi connectivity index (χ0n) is 8.91. The van der Waals surface area contributed by atoms with Crippen LogP contribution in [0.25, 0.3) is 0 Å². The van der Waals surface area contributed by atoms with Gasteiger partial charge in [-0.25, -0.2) is 4.39 Å². The second kappa shape index (κ2) is 6.74. The summed E-state index contributed by atoms with van der Waals surface area (Å²) >= 11 is 0. The number of carbonyl (C=O) groups is 1. The van der Waals surface area contributed by atoms with Gasteiger partial charge in [0.1, 0.15) is 12.4 Å². The highest BCUT2D eigenvalue weighted by molar-refractivity contribution is 5.71. The van der Waals surface area contributed by atoms with Crippen molar-refractivity contribution in [2.24, 2.45) is 0 Å². The van der Waals surface area contributed by atoms with Crippen LogP contribution in [-0.2, 0) is 16.1 Å². The molecule has 1 rings (SSSR count). The number of benzene rings is 1. The van der Waals surface area contributed by atoms with Crippen molar-refractivity contribution in [3.63, 3.8) is 0 Å². The molecule has 0 spiro atoms. The average Bonchev–Trinajstić information content (AvgIpc) is 2.28. The summed E-state index contributed by atoms with van der Waals surface area (Å²) in [5.74, 6) is -0.778. The van der Waals surface area contributed by atoms with Gasteiger partial charge in [-0.15, -0.1) is 6.58 Å². The van der Waals surface area contributed by atoms with Crippen molar-refractivity contribution in [3.8, 4) is 0 Å². The summed E-state index contributed by atoms with van der Waals surface area (Å²) in [4.78, 5) is 11.2. The smallest absolute Gasteiger partial charge is 0.320 e. The molecule has 0 amide bonds. The van der Waals surface area contributed by atoms with E-state index in [1.807, 2.05) is 0 Å². The first-order chi connectivity index (χ1) is 7.74. The molecule has 3 nitrogen and oxygen atoms in total. The van der Waals surface area contributed by atoms with Crippen LogP contribution in [0.3, 0.4) is 0 Å². The van der Waals surface area contributed by atoms with E-state index in [-0.39, 0.29) is 19.0 Å². The molecule has 1 aromatic carbocycles. The van der Waals surface area contributed by atoms with Crippen LogP contribution in [0.4, 0.5) is 4.39 Å². The molecule has 16 heavy (non-hydrogen) atoms. The minimum Gasteiger partial charge on any atom is -0.460 e. The summed E-state index contributed by atoms with van der Waals surface area (Å²) in [5, 5.41) is 2.80. The van der Waals surface area contributed by atoms with Crippen LogP contribution in [0.2, 0.25) is 0 Å². The number of hydrogen-bond donors (Lipinski definition) is 1. The van der Waals surface area contributed by atoms with Gasteiger partial charge in [0.2, 0.25) is 0 Å². The fraction of sp³-hybridized carbons (Fsp3) is 0.250. The molecule has 0 unspecified atom stereocenters. The second-order valence-corrected chi connectivity index (χ2v) is 3.17. The van der Waals surface area contributed by atoms with Crippen molar-refractivity contribution in [2.75, 3.05) is 13.1 Å². The molecule has 1 N–H and O–H groups in total. The number of halogens is 1. The van der Waals surface area contributed by atoms with Crippen molar-refractivity contribution in [3.05, 3.63) is 48.3 Å². The third-order valence-corrected chi connectivity index (χ3v) is 1.90. The Morgan fingerprint density at radius 3 is 2.94 bits per heavy atom. The molecule has 0 fully saturated rings. The van der Waals surface area contributed by atoms with E-state index in [0.29, 0.717) is 12.1 Å². The van der Waals surface area contributed by atoms with Crippen LogP contribution in [-0.4, -0.2) is 19.1 Å². The Morgan fingerprint density at radius 1 is 1.50 bits per heavy atom. The Balaban J connectivity index is 2.31. The highest BCUT2D eigenvalue weighted by atomic mass is 19.1. The zero-order chi connectivity index (χ0) is 11.8. The summed E-state index contributed by atoms with van der Waals surface area (Å²) in [6.07, 6.45) is 1.64. The SMILES string of the molecule is C=CCNCC(=O)OCc1ccccc1F. The molecule has 1 aromatic rings. The number of ether oxygens (including phenoxy) is 1. The lowest BCUT2D eigenvalue weighted by molar-refractivity contribution is -0.143. The van der Waals surface area contributed by atoms with E-state index in [0.717, 1.165) is 0 Å². The lowest BCUT2D eigenvalue weighted by Crippen LogP contribution is -2.24. The molecule has 0 saturated heterocycles. The van der Waals surface area contributed by atoms with E-state index < -0.39 is 5.97 Å². The van der Waals surface area contributed by atoms with Gasteiger partial charge in [0.25, 0.3) is 0 Å². The van der Waals surface area contributed by atoms with Gasteiger partial charge >= 0.3 is 5.97 Å². The fourth-order valence-corrected chi connectivity index (χ4v) is 1.10. The molecule has 0 atom stereocenters. The molecule has 86 valence electrons. The largest absolute Gasteiger partial charge is 0.460 e. The van der Waals surface area contributed by atoms with Gasteiger partial charge < -0.3 is 10.1 Å². The molecule has 0 aliphatic heterocycles. The number of nitrogens with one attached hydrogen (secondary N) is 1. The molecule has 0 aliphatic rings. The Hall–Kier alpha value is -1.68. The number of carbonyl (C=O) groups excluding carboxylic acids is 1. The van der Waals surface area contributed by atoms with E-state index in [9.17, 15) is 9.18 Å². The van der Waals surface area contributed by atoms with Crippen molar-refractivity contribution in [1.82, 2.24) is 5.32 Å². The molecular weight excluding hydrogens is 209 g/mol. The number of rotatable bonds is 6. The van der Waals surface area contributed by atoms with Crippen LogP contribution in [0.5, 0.6) is 0 Å². The van der Waals surface area contributed by atoms with E-state index in [2.05, 4.69) is 11.9 Å². The molecule has 0 saturated carbocycles. The van der Waals surface area contributed by atoms with E-state index in [1.54, 1.807) is 24.3 Å². The quantitative estimate of drug-likeness (QED) is 0.452. The van der Waals surface area contributed by atoms with Gasteiger partial charge in [0.15, 0.2) is 0 Å². The van der Waals surface area contributed by atoms with Crippen LogP contribution in [0.1, 0.15) is 5.56 Å². The topological polar surface area (TPSA) is 38.3 Å². The van der Waals surface area contributed by atoms with E-state index in [4.69, 9.17) is 4.74 Å². The van der Waals surface area contributed by atoms with Crippen molar-refractivity contribution in [2.45, 2.75) is 6.61 Å². The van der Waals surface area contributed by atoms with E-state index in [1.165, 1.54) is 6.07 Å². The molecule has 0 aromatic heterocycles. The normalized spacial score (nSPS) is 9.81. The predicted octanol–water partition coefficient (Wildman–Crippen LogP) is 1.64. The van der Waals surface area contributed by atoms with Gasteiger partial charge in [-0.3, -0.25) is 4.79 Å². The van der Waals surface area contributed by atoms with Crippen LogP contribution >= 0.6 is 0 Å². The Bertz CT molecular complexity index is 366. The highest BCUT2D eigenvalue weighted by Crippen LogP contribution is 2.07. The first-order valence-corrected chi connectivity index (χ1v) is 4.94. The molecule has 0 radical (unpaired) electrons. The Labute approximate surface area is 93.9 Å². The standard InChI is InChI=1S/C12H14FNO2/c1-2-7-14-8-12(15)16-9-10-5-3-4-6-11(10)13/h2-6,14H,1,7-9H2. The maximum Gasteiger partial charge on any atom is 0.320 e. The monoisotopic (exact) mass is 223 g/mol. The maximum absolute atomic E-state index is 13.1. The summed E-state index contributed by atoms with van der Waals surface area (Å²) in [6, 6.07) is 6.20. The minimum absolute atomic E-state index is 0.0404. The summed E-state index contributed by atoms with van der Waals surface area (Å²) < 4.78 is 18.0. The van der Waals surface area contributed by atoms with Gasteiger partial charge in [0.05, 0.1) is 6.54 Å². The first-order valence-electron chi connectivity index (χ1n) is 4.94. The summed E-state index contributed by atoms with van der Waals surface area (Å²) in [7, 11) is 0. The molecule has 0 aliphatic carbocycles. The van der Waals surface area contributed by atoms with Crippen molar-refractivity contribution < 1.29 is 13.9 Å². The summed E-state index contributed by atoms with van der Waals surface area (Å²) in [5.41, 5.74) is 0.375. The number of esters is 1. The first kappa shape index (κ1) is 12.4. The third kappa shape index (κ3) is 4.23. The molecular formula is C12H14FNO2. The van der Waals surface area contributed by atoms with Crippen LogP contribution < -0.4 is 5.32 Å². The lowest BCUT2D eigenvalue weighted by Gasteiger charge is -2.05. The van der Waals surface area contributed by atoms with Crippen LogP contribution in [0.15, 0.2) is 36.9 Å². The highest BCUT2D eigenvalue weighted by Gasteiger charge is 2.05. The zero-order valence-corrected chi connectivity index (χ0v) is 8.91. The Morgan fingerprint density at radius 2 is 2.25 bits per heavy atom. The van der Waals surface area contributed by atoms with E-state index >= 15 is 0 Å². The molecule has 0 heterocycles. The van der Waals surface area contributed by atoms with Gasteiger partial charge in [-0.2, -0.15) is 0 Å². The second-order valence-electron chi connectivity index (χ2n) is 3.17. The van der Waals surface area contributed by atoms with Gasteiger partial charge in [-0.1, -0.05) is 24.3 Å². The Kier molecular flexibility index (Phi) is 5.22. The molecule has 0 bridgehead atoms. The maximum atomic E-state index is 13.1. The van der Waals surface area contributed by atoms with Crippen molar-refractivity contribution >= 4 is 5.97 Å². The van der Waals surface area contributed by atoms with Crippen molar-refractivity contribution in [1.29, 1.82) is 0 Å². The third-order valence-electron chi connectivity index (χ3n) is 1.90. The van der Waals surface area contributed by atoms with Gasteiger partial charge in [-0.05, 0) is 6.07 Å². The lowest BCUT2D eigenvalue weighted by atomic mass is 10.2. The minimum atomic E-state index is -0.412.